The molecule has 0 bridgehead atoms. The Balaban J connectivity index is 1.73. The first-order valence-corrected chi connectivity index (χ1v) is 5.65. The van der Waals surface area contributed by atoms with E-state index in [0.29, 0.717) is 6.61 Å². The minimum Gasteiger partial charge on any atom is -0.449 e. The van der Waals surface area contributed by atoms with Crippen molar-refractivity contribution >= 4 is 0 Å². The van der Waals surface area contributed by atoms with E-state index in [2.05, 4.69) is 12.1 Å². The second-order valence-corrected chi connectivity index (χ2v) is 4.59. The smallest absolute Gasteiger partial charge is 0.176 e. The lowest BCUT2D eigenvalue weighted by Crippen LogP contribution is -2.08. The van der Waals surface area contributed by atoms with Gasteiger partial charge in [-0.25, -0.2) is 0 Å². The highest BCUT2D eigenvalue weighted by Gasteiger charge is 2.55. The molecule has 3 heterocycles. The Morgan fingerprint density at radius 3 is 1.82 bits per heavy atom. The molecule has 3 nitrogen and oxygen atoms in total. The fraction of sp³-hybridized carbons (Fsp3) is 0.143. The molecular weight excluding hydrogens is 216 g/mol. The van der Waals surface area contributed by atoms with E-state index in [1.54, 1.807) is 0 Å². The van der Waals surface area contributed by atoms with Gasteiger partial charge in [-0.3, -0.25) is 0 Å². The van der Waals surface area contributed by atoms with Gasteiger partial charge in [0.2, 0.25) is 0 Å². The van der Waals surface area contributed by atoms with E-state index in [1.165, 1.54) is 0 Å². The Labute approximate surface area is 97.5 Å². The van der Waals surface area contributed by atoms with Crippen molar-refractivity contribution in [3.05, 3.63) is 47.5 Å². The minimum absolute atomic E-state index is 0.330. The summed E-state index contributed by atoms with van der Waals surface area (Å²) in [6.45, 7) is 0.701. The highest BCUT2D eigenvalue weighted by atomic mass is 16.6. The Morgan fingerprint density at radius 2 is 1.35 bits per heavy atom. The fourth-order valence-corrected chi connectivity index (χ4v) is 2.54. The number of para-hydroxylation sites is 2. The summed E-state index contributed by atoms with van der Waals surface area (Å²) < 4.78 is 16.6. The van der Waals surface area contributed by atoms with Crippen LogP contribution in [0.3, 0.4) is 0 Å². The zero-order valence-corrected chi connectivity index (χ0v) is 8.90. The van der Waals surface area contributed by atoms with Gasteiger partial charge in [0.25, 0.3) is 0 Å². The second kappa shape index (κ2) is 2.31. The maximum absolute atomic E-state index is 5.74. The minimum atomic E-state index is -0.330. The standard InChI is InChI=1S/C14H8O3/c1-3-8(12-10(5-1)16-12)14(7-15-14)9-4-2-6-11-13(9)17-11/h1-6H,7H2. The summed E-state index contributed by atoms with van der Waals surface area (Å²) in [7, 11) is 0. The summed E-state index contributed by atoms with van der Waals surface area (Å²) in [6, 6.07) is 12.1. The lowest BCUT2D eigenvalue weighted by atomic mass is 9.92. The number of epoxide rings is 1. The monoisotopic (exact) mass is 224 g/mol. The van der Waals surface area contributed by atoms with E-state index in [9.17, 15) is 0 Å². The maximum Gasteiger partial charge on any atom is 0.176 e. The molecule has 1 fully saturated rings. The normalized spacial score (nSPS) is 19.5. The van der Waals surface area contributed by atoms with Crippen molar-refractivity contribution in [2.24, 2.45) is 0 Å². The molecule has 2 aromatic rings. The maximum atomic E-state index is 5.74. The summed E-state index contributed by atoms with van der Waals surface area (Å²) in [5.41, 5.74) is 1.92. The molecule has 0 aromatic heterocycles. The van der Waals surface area contributed by atoms with Crippen LogP contribution in [0.5, 0.6) is 23.0 Å². The van der Waals surface area contributed by atoms with E-state index >= 15 is 0 Å². The van der Waals surface area contributed by atoms with Gasteiger partial charge in [0.15, 0.2) is 23.0 Å². The molecule has 3 aliphatic rings. The molecule has 0 spiro atoms. The van der Waals surface area contributed by atoms with Gasteiger partial charge in [-0.2, -0.15) is 0 Å². The largest absolute Gasteiger partial charge is 0.449 e. The number of ether oxygens (including phenoxy) is 3. The molecule has 0 atom stereocenters. The van der Waals surface area contributed by atoms with Crippen LogP contribution in [0.4, 0.5) is 0 Å². The third kappa shape index (κ3) is 0.913. The summed E-state index contributed by atoms with van der Waals surface area (Å²) in [4.78, 5) is 0. The number of hydrogen-bond acceptors (Lipinski definition) is 3. The first-order valence-electron chi connectivity index (χ1n) is 5.65. The third-order valence-electron chi connectivity index (χ3n) is 3.60. The van der Waals surface area contributed by atoms with Crippen molar-refractivity contribution in [2.75, 3.05) is 6.61 Å². The van der Waals surface area contributed by atoms with Crippen LogP contribution < -0.4 is 9.47 Å². The van der Waals surface area contributed by atoms with Crippen LogP contribution in [0.1, 0.15) is 11.1 Å². The molecule has 3 heteroatoms. The zero-order chi connectivity index (χ0) is 11.0. The van der Waals surface area contributed by atoms with Crippen LogP contribution in [-0.2, 0) is 10.3 Å². The molecule has 0 unspecified atom stereocenters. The summed E-state index contributed by atoms with van der Waals surface area (Å²) in [5, 5.41) is 0. The van der Waals surface area contributed by atoms with Crippen LogP contribution >= 0.6 is 0 Å². The first-order chi connectivity index (χ1) is 8.38. The van der Waals surface area contributed by atoms with Gasteiger partial charge < -0.3 is 14.2 Å². The number of hydrogen-bond donors (Lipinski definition) is 0. The molecule has 82 valence electrons. The molecule has 17 heavy (non-hydrogen) atoms. The van der Waals surface area contributed by atoms with Gasteiger partial charge in [-0.15, -0.1) is 0 Å². The fourth-order valence-electron chi connectivity index (χ4n) is 2.54. The third-order valence-corrected chi connectivity index (χ3v) is 3.60. The van der Waals surface area contributed by atoms with Crippen LogP contribution in [-0.4, -0.2) is 6.61 Å². The Kier molecular flexibility index (Phi) is 1.11. The Hall–Kier alpha value is -2.00. The van der Waals surface area contributed by atoms with Crippen molar-refractivity contribution in [3.8, 4) is 23.0 Å². The van der Waals surface area contributed by atoms with Gasteiger partial charge in [-0.1, -0.05) is 24.3 Å². The molecule has 3 aliphatic heterocycles. The molecule has 1 saturated heterocycles. The number of benzene rings is 2. The van der Waals surface area contributed by atoms with Crippen LogP contribution in [0, 0.1) is 0 Å². The molecule has 0 N–H and O–H groups in total. The summed E-state index contributed by atoms with van der Waals surface area (Å²) in [5.74, 6) is 3.89. The predicted molar refractivity (Wildman–Crippen MR) is 59.8 cm³/mol. The van der Waals surface area contributed by atoms with Crippen LogP contribution in [0.15, 0.2) is 36.4 Å². The Bertz CT molecular complexity index is 616. The van der Waals surface area contributed by atoms with E-state index in [0.717, 1.165) is 34.1 Å². The van der Waals surface area contributed by atoms with Crippen molar-refractivity contribution < 1.29 is 14.2 Å². The Morgan fingerprint density at radius 1 is 0.824 bits per heavy atom. The number of rotatable bonds is 2. The highest BCUT2D eigenvalue weighted by molar-refractivity contribution is 5.69. The van der Waals surface area contributed by atoms with E-state index in [4.69, 9.17) is 14.2 Å². The van der Waals surface area contributed by atoms with Gasteiger partial charge in [0.1, 0.15) is 5.60 Å². The van der Waals surface area contributed by atoms with E-state index in [1.807, 2.05) is 24.3 Å². The second-order valence-electron chi connectivity index (χ2n) is 4.59. The van der Waals surface area contributed by atoms with Crippen LogP contribution in [0.2, 0.25) is 0 Å². The lowest BCUT2D eigenvalue weighted by molar-refractivity contribution is 0.346. The van der Waals surface area contributed by atoms with E-state index in [-0.39, 0.29) is 5.60 Å². The zero-order valence-electron chi connectivity index (χ0n) is 8.90. The van der Waals surface area contributed by atoms with Gasteiger partial charge >= 0.3 is 0 Å². The molecule has 0 radical (unpaired) electrons. The molecule has 0 aliphatic carbocycles. The van der Waals surface area contributed by atoms with Crippen LogP contribution in [0.25, 0.3) is 0 Å². The molecule has 0 amide bonds. The van der Waals surface area contributed by atoms with Crippen molar-refractivity contribution in [1.82, 2.24) is 0 Å². The summed E-state index contributed by atoms with van der Waals surface area (Å²) >= 11 is 0. The average molecular weight is 224 g/mol. The predicted octanol–water partition coefficient (Wildman–Crippen LogP) is 3.17. The quantitative estimate of drug-likeness (QED) is 0.491. The average Bonchev–Trinajstić information content (AvgIpc) is 3.26. The highest BCUT2D eigenvalue weighted by Crippen LogP contribution is 2.62. The molecular formula is C14H8O3. The van der Waals surface area contributed by atoms with Crippen molar-refractivity contribution in [2.45, 2.75) is 5.60 Å². The molecule has 2 aromatic carbocycles. The number of fused-ring (bicyclic) bond motifs is 2. The first kappa shape index (κ1) is 8.14. The topological polar surface area (TPSA) is 37.6 Å². The SMILES string of the molecule is c1cc2c(c(C3(c4cccc5c4O5)CO3)c1)O2. The van der Waals surface area contributed by atoms with Gasteiger partial charge in [0.05, 0.1) is 6.61 Å². The lowest BCUT2D eigenvalue weighted by Gasteiger charge is -2.09. The summed E-state index contributed by atoms with van der Waals surface area (Å²) in [6.07, 6.45) is 0. The molecule has 5 rings (SSSR count). The van der Waals surface area contributed by atoms with Crippen molar-refractivity contribution in [3.63, 3.8) is 0 Å². The van der Waals surface area contributed by atoms with Crippen molar-refractivity contribution in [1.29, 1.82) is 0 Å². The van der Waals surface area contributed by atoms with Gasteiger partial charge in [0, 0.05) is 11.1 Å². The van der Waals surface area contributed by atoms with Gasteiger partial charge in [-0.05, 0) is 12.1 Å². The molecule has 0 saturated carbocycles. The van der Waals surface area contributed by atoms with E-state index < -0.39 is 0 Å².